The van der Waals surface area contributed by atoms with Gasteiger partial charge in [-0.2, -0.15) is 0 Å². The fraction of sp³-hybridized carbons (Fsp3) is 0.933. The first kappa shape index (κ1) is 20.1. The Morgan fingerprint density at radius 2 is 1.90 bits per heavy atom. The molecule has 0 aliphatic heterocycles. The number of rotatable bonds is 13. The second-order valence-electron chi connectivity index (χ2n) is 4.89. The molecular formula is C15H34N4O2. The molecule has 0 bridgehead atoms. The van der Waals surface area contributed by atoms with E-state index in [4.69, 9.17) is 9.47 Å². The zero-order valence-electron chi connectivity index (χ0n) is 14.3. The highest BCUT2D eigenvalue weighted by Crippen LogP contribution is 1.88. The summed E-state index contributed by atoms with van der Waals surface area (Å²) in [4.78, 5) is 6.83. The molecule has 0 rings (SSSR count). The van der Waals surface area contributed by atoms with Gasteiger partial charge < -0.3 is 25.0 Å². The highest BCUT2D eigenvalue weighted by atomic mass is 16.5. The average molecular weight is 302 g/mol. The summed E-state index contributed by atoms with van der Waals surface area (Å²) in [5.74, 6) is 0.888. The number of hydrogen-bond donors (Lipinski definition) is 2. The van der Waals surface area contributed by atoms with E-state index >= 15 is 0 Å². The van der Waals surface area contributed by atoms with Crippen molar-refractivity contribution < 1.29 is 9.47 Å². The van der Waals surface area contributed by atoms with E-state index in [-0.39, 0.29) is 0 Å². The number of aliphatic imine (C=N–C) groups is 1. The van der Waals surface area contributed by atoms with Crippen LogP contribution in [0.1, 0.15) is 26.7 Å². The van der Waals surface area contributed by atoms with E-state index in [1.165, 1.54) is 0 Å². The van der Waals surface area contributed by atoms with Crippen LogP contribution in [-0.2, 0) is 9.47 Å². The molecule has 0 aliphatic rings. The quantitative estimate of drug-likeness (QED) is 0.301. The normalized spacial score (nSPS) is 12.0. The largest absolute Gasteiger partial charge is 0.385 e. The van der Waals surface area contributed by atoms with Gasteiger partial charge >= 0.3 is 0 Å². The molecule has 0 aromatic carbocycles. The number of likely N-dealkylation sites (N-methyl/N-ethyl adjacent to an activating group) is 1. The van der Waals surface area contributed by atoms with Gasteiger partial charge in [0.25, 0.3) is 0 Å². The van der Waals surface area contributed by atoms with E-state index in [0.29, 0.717) is 0 Å². The minimum absolute atomic E-state index is 0.775. The van der Waals surface area contributed by atoms with Crippen LogP contribution >= 0.6 is 0 Å². The molecule has 0 atom stereocenters. The molecule has 0 saturated carbocycles. The molecule has 0 radical (unpaired) electrons. The molecular weight excluding hydrogens is 268 g/mol. The predicted molar refractivity (Wildman–Crippen MR) is 89.1 cm³/mol. The van der Waals surface area contributed by atoms with Crippen molar-refractivity contribution in [1.29, 1.82) is 0 Å². The summed E-state index contributed by atoms with van der Waals surface area (Å²) < 4.78 is 10.4. The van der Waals surface area contributed by atoms with Crippen molar-refractivity contribution in [3.63, 3.8) is 0 Å². The molecule has 21 heavy (non-hydrogen) atoms. The average Bonchev–Trinajstić information content (AvgIpc) is 2.47. The van der Waals surface area contributed by atoms with Gasteiger partial charge in [0.1, 0.15) is 0 Å². The maximum absolute atomic E-state index is 5.31. The molecule has 6 heteroatoms. The van der Waals surface area contributed by atoms with E-state index < -0.39 is 0 Å². The molecule has 0 amide bonds. The number of ether oxygens (including phenoxy) is 2. The summed E-state index contributed by atoms with van der Waals surface area (Å²) >= 11 is 0. The monoisotopic (exact) mass is 302 g/mol. The Hall–Kier alpha value is -0.850. The van der Waals surface area contributed by atoms with Crippen molar-refractivity contribution in [2.24, 2.45) is 4.99 Å². The van der Waals surface area contributed by atoms with Crippen molar-refractivity contribution in [2.45, 2.75) is 26.7 Å². The molecule has 0 fully saturated rings. The first-order chi connectivity index (χ1) is 10.2. The first-order valence-corrected chi connectivity index (χ1v) is 8.02. The first-order valence-electron chi connectivity index (χ1n) is 8.02. The predicted octanol–water partition coefficient (Wildman–Crippen LogP) is 0.936. The van der Waals surface area contributed by atoms with Crippen LogP contribution in [0.2, 0.25) is 0 Å². The molecule has 0 aliphatic carbocycles. The van der Waals surface area contributed by atoms with E-state index in [1.54, 1.807) is 7.11 Å². The summed E-state index contributed by atoms with van der Waals surface area (Å²) in [5.41, 5.74) is 0. The number of nitrogens with one attached hydrogen (secondary N) is 2. The second-order valence-corrected chi connectivity index (χ2v) is 4.89. The SMILES string of the molecule is CCNC(=NCCCOCC)NCCN(C)CCCOC. The molecule has 2 N–H and O–H groups in total. The van der Waals surface area contributed by atoms with Crippen LogP contribution in [0, 0.1) is 0 Å². The Bertz CT molecular complexity index is 250. The van der Waals surface area contributed by atoms with Gasteiger partial charge in [-0.3, -0.25) is 4.99 Å². The molecule has 0 spiro atoms. The maximum Gasteiger partial charge on any atom is 0.191 e. The Balaban J connectivity index is 3.78. The summed E-state index contributed by atoms with van der Waals surface area (Å²) in [7, 11) is 3.87. The minimum atomic E-state index is 0.775. The zero-order valence-corrected chi connectivity index (χ0v) is 14.3. The summed E-state index contributed by atoms with van der Waals surface area (Å²) in [6.45, 7) is 11.1. The van der Waals surface area contributed by atoms with Gasteiger partial charge in [0, 0.05) is 59.7 Å². The standard InChI is InChI=1S/C15H34N4O2/c1-5-16-15(17-9-7-14-21-6-2)18-10-12-19(3)11-8-13-20-4/h5-14H2,1-4H3,(H2,16,17,18). The number of nitrogens with zero attached hydrogens (tertiary/aromatic N) is 2. The van der Waals surface area contributed by atoms with Gasteiger partial charge in [0.05, 0.1) is 0 Å². The van der Waals surface area contributed by atoms with Crippen LogP contribution in [-0.4, -0.2) is 77.6 Å². The third kappa shape index (κ3) is 13.9. The minimum Gasteiger partial charge on any atom is -0.385 e. The Kier molecular flexibility index (Phi) is 14.9. The second kappa shape index (κ2) is 15.5. The smallest absolute Gasteiger partial charge is 0.191 e. The van der Waals surface area contributed by atoms with Crippen LogP contribution in [0.4, 0.5) is 0 Å². The van der Waals surface area contributed by atoms with Crippen molar-refractivity contribution >= 4 is 5.96 Å². The Morgan fingerprint density at radius 1 is 1.10 bits per heavy atom. The maximum atomic E-state index is 5.31. The molecule has 6 nitrogen and oxygen atoms in total. The topological polar surface area (TPSA) is 58.1 Å². The lowest BCUT2D eigenvalue weighted by Crippen LogP contribution is -2.41. The van der Waals surface area contributed by atoms with Crippen molar-refractivity contribution in [3.8, 4) is 0 Å². The lowest BCUT2D eigenvalue weighted by atomic mass is 10.4. The van der Waals surface area contributed by atoms with Crippen molar-refractivity contribution in [1.82, 2.24) is 15.5 Å². The Morgan fingerprint density at radius 3 is 2.57 bits per heavy atom. The summed E-state index contributed by atoms with van der Waals surface area (Å²) in [5, 5.41) is 6.62. The molecule has 0 unspecified atom stereocenters. The van der Waals surface area contributed by atoms with Crippen LogP contribution in [0.3, 0.4) is 0 Å². The van der Waals surface area contributed by atoms with Crippen LogP contribution < -0.4 is 10.6 Å². The van der Waals surface area contributed by atoms with E-state index in [0.717, 1.165) is 71.3 Å². The van der Waals surface area contributed by atoms with Gasteiger partial charge in [0.2, 0.25) is 0 Å². The van der Waals surface area contributed by atoms with Gasteiger partial charge in [-0.15, -0.1) is 0 Å². The van der Waals surface area contributed by atoms with Crippen LogP contribution in [0.25, 0.3) is 0 Å². The van der Waals surface area contributed by atoms with Crippen LogP contribution in [0.15, 0.2) is 4.99 Å². The fourth-order valence-corrected chi connectivity index (χ4v) is 1.80. The third-order valence-corrected chi connectivity index (χ3v) is 2.94. The summed E-state index contributed by atoms with van der Waals surface area (Å²) in [6.07, 6.45) is 2.03. The Labute approximate surface area is 130 Å². The zero-order chi connectivity index (χ0) is 15.8. The highest BCUT2D eigenvalue weighted by Gasteiger charge is 2.00. The van der Waals surface area contributed by atoms with Gasteiger partial charge in [0.15, 0.2) is 5.96 Å². The molecule has 126 valence electrons. The van der Waals surface area contributed by atoms with E-state index in [1.807, 2.05) is 6.92 Å². The van der Waals surface area contributed by atoms with E-state index in [9.17, 15) is 0 Å². The van der Waals surface area contributed by atoms with E-state index in [2.05, 4.69) is 34.5 Å². The molecule has 0 aromatic heterocycles. The van der Waals surface area contributed by atoms with Crippen molar-refractivity contribution in [2.75, 3.05) is 66.7 Å². The molecule has 0 heterocycles. The summed E-state index contributed by atoms with van der Waals surface area (Å²) in [6, 6.07) is 0. The third-order valence-electron chi connectivity index (χ3n) is 2.94. The molecule has 0 aromatic rings. The van der Waals surface area contributed by atoms with Gasteiger partial charge in [-0.05, 0) is 33.7 Å². The number of methoxy groups -OCH3 is 1. The lowest BCUT2D eigenvalue weighted by Gasteiger charge is -2.18. The van der Waals surface area contributed by atoms with Crippen LogP contribution in [0.5, 0.6) is 0 Å². The lowest BCUT2D eigenvalue weighted by molar-refractivity contribution is 0.146. The highest BCUT2D eigenvalue weighted by molar-refractivity contribution is 5.79. The molecule has 0 saturated heterocycles. The number of guanidine groups is 1. The van der Waals surface area contributed by atoms with Crippen molar-refractivity contribution in [3.05, 3.63) is 0 Å². The number of hydrogen-bond acceptors (Lipinski definition) is 4. The van der Waals surface area contributed by atoms with Gasteiger partial charge in [-0.1, -0.05) is 0 Å². The fourth-order valence-electron chi connectivity index (χ4n) is 1.80. The van der Waals surface area contributed by atoms with Gasteiger partial charge in [-0.25, -0.2) is 0 Å².